The van der Waals surface area contributed by atoms with E-state index in [9.17, 15) is 4.79 Å². The van der Waals surface area contributed by atoms with E-state index in [1.165, 1.54) is 11.1 Å². The highest BCUT2D eigenvalue weighted by atomic mass is 16.4. The van der Waals surface area contributed by atoms with Crippen LogP contribution in [0.1, 0.15) is 33.0 Å². The summed E-state index contributed by atoms with van der Waals surface area (Å²) in [6.07, 6.45) is 0. The fourth-order valence-electron chi connectivity index (χ4n) is 1.97. The second kappa shape index (κ2) is 5.71. The van der Waals surface area contributed by atoms with Gasteiger partial charge >= 0.3 is 5.97 Å². The van der Waals surface area contributed by atoms with Crippen LogP contribution in [0.3, 0.4) is 0 Å². The van der Waals surface area contributed by atoms with Crippen molar-refractivity contribution in [1.29, 1.82) is 0 Å². The molecule has 0 fully saturated rings. The Morgan fingerprint density at radius 2 is 2.00 bits per heavy atom. The number of hydrogen-bond donors (Lipinski definition) is 2. The fraction of sp³-hybridized carbons (Fsp3) is 0.267. The Morgan fingerprint density at radius 3 is 2.63 bits per heavy atom. The van der Waals surface area contributed by atoms with Gasteiger partial charge in [-0.2, -0.15) is 0 Å². The Labute approximate surface area is 112 Å². The summed E-state index contributed by atoms with van der Waals surface area (Å²) in [7, 11) is 0. The van der Waals surface area contributed by atoms with E-state index in [4.69, 9.17) is 9.52 Å². The van der Waals surface area contributed by atoms with Crippen molar-refractivity contribution in [2.75, 3.05) is 0 Å². The van der Waals surface area contributed by atoms with E-state index in [0.717, 1.165) is 6.54 Å². The second-order valence-electron chi connectivity index (χ2n) is 4.52. The highest BCUT2D eigenvalue weighted by Crippen LogP contribution is 2.14. The number of furan rings is 1. The van der Waals surface area contributed by atoms with Crippen LogP contribution in [0.4, 0.5) is 0 Å². The number of rotatable bonds is 5. The van der Waals surface area contributed by atoms with Gasteiger partial charge < -0.3 is 14.8 Å². The largest absolute Gasteiger partial charge is 0.478 e. The SMILES string of the molecule is Cc1ccccc1CNCc1cc(C(=O)O)c(C)o1. The van der Waals surface area contributed by atoms with Gasteiger partial charge in [0, 0.05) is 6.54 Å². The minimum Gasteiger partial charge on any atom is -0.478 e. The predicted molar refractivity (Wildman–Crippen MR) is 72.1 cm³/mol. The number of benzene rings is 1. The zero-order valence-electron chi connectivity index (χ0n) is 11.1. The minimum atomic E-state index is -0.952. The minimum absolute atomic E-state index is 0.229. The van der Waals surface area contributed by atoms with Crippen LogP contribution in [-0.4, -0.2) is 11.1 Å². The van der Waals surface area contributed by atoms with Crippen LogP contribution in [0.2, 0.25) is 0 Å². The summed E-state index contributed by atoms with van der Waals surface area (Å²) in [5, 5.41) is 12.2. The topological polar surface area (TPSA) is 62.5 Å². The van der Waals surface area contributed by atoms with Crippen molar-refractivity contribution in [2.24, 2.45) is 0 Å². The Balaban J connectivity index is 1.95. The van der Waals surface area contributed by atoms with Gasteiger partial charge in [-0.25, -0.2) is 4.79 Å². The van der Waals surface area contributed by atoms with Gasteiger partial charge in [-0.1, -0.05) is 24.3 Å². The zero-order chi connectivity index (χ0) is 13.8. The monoisotopic (exact) mass is 259 g/mol. The summed E-state index contributed by atoms with van der Waals surface area (Å²) in [6, 6.07) is 9.72. The van der Waals surface area contributed by atoms with E-state index in [2.05, 4.69) is 24.4 Å². The van der Waals surface area contributed by atoms with Gasteiger partial charge in [0.25, 0.3) is 0 Å². The van der Waals surface area contributed by atoms with Gasteiger partial charge in [-0.3, -0.25) is 0 Å². The molecule has 2 rings (SSSR count). The van der Waals surface area contributed by atoms with Crippen molar-refractivity contribution in [2.45, 2.75) is 26.9 Å². The standard InChI is InChI=1S/C15H17NO3/c1-10-5-3-4-6-12(10)8-16-9-13-7-14(15(17)18)11(2)19-13/h3-7,16H,8-9H2,1-2H3,(H,17,18). The molecule has 1 aromatic heterocycles. The van der Waals surface area contributed by atoms with Crippen molar-refractivity contribution >= 4 is 5.97 Å². The molecule has 0 bridgehead atoms. The number of hydrogen-bond acceptors (Lipinski definition) is 3. The first kappa shape index (κ1) is 13.4. The average molecular weight is 259 g/mol. The number of carboxylic acid groups (broad SMARTS) is 1. The molecule has 0 radical (unpaired) electrons. The molecule has 100 valence electrons. The number of aryl methyl sites for hydroxylation is 2. The number of carboxylic acids is 1. The van der Waals surface area contributed by atoms with Crippen LogP contribution in [0.5, 0.6) is 0 Å². The van der Waals surface area contributed by atoms with Crippen LogP contribution in [0, 0.1) is 13.8 Å². The quantitative estimate of drug-likeness (QED) is 0.866. The molecule has 2 N–H and O–H groups in total. The third-order valence-electron chi connectivity index (χ3n) is 3.08. The van der Waals surface area contributed by atoms with Crippen molar-refractivity contribution in [1.82, 2.24) is 5.32 Å². The Bertz CT molecular complexity index is 587. The summed E-state index contributed by atoms with van der Waals surface area (Å²) in [5.74, 6) is 0.134. The lowest BCUT2D eigenvalue weighted by Gasteiger charge is -2.06. The van der Waals surface area contributed by atoms with Crippen molar-refractivity contribution in [3.63, 3.8) is 0 Å². The molecule has 0 saturated heterocycles. The van der Waals surface area contributed by atoms with E-state index < -0.39 is 5.97 Å². The molecule has 0 saturated carbocycles. The number of carbonyl (C=O) groups is 1. The molecule has 0 aliphatic carbocycles. The third-order valence-corrected chi connectivity index (χ3v) is 3.08. The van der Waals surface area contributed by atoms with E-state index in [1.54, 1.807) is 13.0 Å². The van der Waals surface area contributed by atoms with Crippen LogP contribution < -0.4 is 5.32 Å². The Morgan fingerprint density at radius 1 is 1.26 bits per heavy atom. The summed E-state index contributed by atoms with van der Waals surface area (Å²) in [6.45, 7) is 4.97. The molecule has 4 heteroatoms. The smallest absolute Gasteiger partial charge is 0.339 e. The van der Waals surface area contributed by atoms with Crippen LogP contribution in [-0.2, 0) is 13.1 Å². The highest BCUT2D eigenvalue weighted by molar-refractivity contribution is 5.88. The molecule has 0 amide bonds. The summed E-state index contributed by atoms with van der Waals surface area (Å²) in [4.78, 5) is 10.9. The first-order valence-corrected chi connectivity index (χ1v) is 6.15. The number of nitrogens with one attached hydrogen (secondary N) is 1. The molecule has 0 aliphatic heterocycles. The number of aromatic carboxylic acids is 1. The second-order valence-corrected chi connectivity index (χ2v) is 4.52. The zero-order valence-corrected chi connectivity index (χ0v) is 11.1. The molecular formula is C15H17NO3. The van der Waals surface area contributed by atoms with Crippen LogP contribution in [0.25, 0.3) is 0 Å². The molecular weight excluding hydrogens is 242 g/mol. The van der Waals surface area contributed by atoms with E-state index >= 15 is 0 Å². The van der Waals surface area contributed by atoms with E-state index in [0.29, 0.717) is 18.1 Å². The van der Waals surface area contributed by atoms with Crippen molar-refractivity contribution < 1.29 is 14.3 Å². The molecule has 0 unspecified atom stereocenters. The predicted octanol–water partition coefficient (Wildman–Crippen LogP) is 2.88. The Hall–Kier alpha value is -2.07. The van der Waals surface area contributed by atoms with E-state index in [-0.39, 0.29) is 5.56 Å². The molecule has 1 aromatic carbocycles. The molecule has 1 heterocycles. The maximum Gasteiger partial charge on any atom is 0.339 e. The third kappa shape index (κ3) is 3.23. The normalized spacial score (nSPS) is 10.6. The maximum atomic E-state index is 10.9. The van der Waals surface area contributed by atoms with Crippen molar-refractivity contribution in [3.8, 4) is 0 Å². The average Bonchev–Trinajstić information content (AvgIpc) is 2.73. The maximum absolute atomic E-state index is 10.9. The lowest BCUT2D eigenvalue weighted by Crippen LogP contribution is -2.12. The fourth-order valence-corrected chi connectivity index (χ4v) is 1.97. The van der Waals surface area contributed by atoms with Crippen LogP contribution in [0.15, 0.2) is 34.7 Å². The van der Waals surface area contributed by atoms with Gasteiger partial charge in [-0.05, 0) is 31.0 Å². The van der Waals surface area contributed by atoms with Gasteiger partial charge in [-0.15, -0.1) is 0 Å². The van der Waals surface area contributed by atoms with E-state index in [1.807, 2.05) is 12.1 Å². The van der Waals surface area contributed by atoms with Gasteiger partial charge in [0.2, 0.25) is 0 Å². The van der Waals surface area contributed by atoms with Gasteiger partial charge in [0.15, 0.2) is 0 Å². The molecule has 0 atom stereocenters. The molecule has 0 aliphatic rings. The summed E-state index contributed by atoms with van der Waals surface area (Å²) >= 11 is 0. The highest BCUT2D eigenvalue weighted by Gasteiger charge is 2.13. The summed E-state index contributed by atoms with van der Waals surface area (Å²) < 4.78 is 5.40. The van der Waals surface area contributed by atoms with Gasteiger partial charge in [0.1, 0.15) is 17.1 Å². The molecule has 0 spiro atoms. The van der Waals surface area contributed by atoms with Crippen molar-refractivity contribution in [3.05, 3.63) is 58.5 Å². The van der Waals surface area contributed by atoms with Gasteiger partial charge in [0.05, 0.1) is 6.54 Å². The first-order chi connectivity index (χ1) is 9.08. The summed E-state index contributed by atoms with van der Waals surface area (Å²) in [5.41, 5.74) is 2.69. The lowest BCUT2D eigenvalue weighted by molar-refractivity contribution is 0.0695. The molecule has 2 aromatic rings. The molecule has 19 heavy (non-hydrogen) atoms. The lowest BCUT2D eigenvalue weighted by atomic mass is 10.1. The first-order valence-electron chi connectivity index (χ1n) is 6.15. The Kier molecular flexibility index (Phi) is 4.02. The molecule has 4 nitrogen and oxygen atoms in total. The van der Waals surface area contributed by atoms with Crippen LogP contribution >= 0.6 is 0 Å².